The number of carbonyl (C=O) groups excluding carboxylic acids is 1. The third-order valence-corrected chi connectivity index (χ3v) is 5.27. The van der Waals surface area contributed by atoms with E-state index in [1.807, 2.05) is 24.3 Å². The zero-order valence-electron chi connectivity index (χ0n) is 15.4. The van der Waals surface area contributed by atoms with Crippen LogP contribution in [0.25, 0.3) is 21.9 Å². The number of aromatic nitrogens is 3. The Morgan fingerprint density at radius 3 is 2.82 bits per heavy atom. The van der Waals surface area contributed by atoms with Crippen molar-refractivity contribution in [2.45, 2.75) is 5.03 Å². The second kappa shape index (κ2) is 7.77. The highest BCUT2D eigenvalue weighted by atomic mass is 32.2. The number of amides is 1. The molecule has 0 fully saturated rings. The SMILES string of the molecule is COc1ccc(NC(=O)CSc2ncnc3c2[nH]c2ccccc23)c(OC)c1. The van der Waals surface area contributed by atoms with E-state index in [4.69, 9.17) is 9.47 Å². The molecule has 0 bridgehead atoms. The van der Waals surface area contributed by atoms with Gasteiger partial charge in [-0.05, 0) is 18.2 Å². The Bertz CT molecular complexity index is 1160. The molecule has 0 atom stereocenters. The summed E-state index contributed by atoms with van der Waals surface area (Å²) in [7, 11) is 3.13. The van der Waals surface area contributed by atoms with Crippen LogP contribution in [0.2, 0.25) is 0 Å². The predicted octanol–water partition coefficient (Wildman–Crippen LogP) is 3.86. The van der Waals surface area contributed by atoms with Crippen LogP contribution in [0.3, 0.4) is 0 Å². The molecule has 2 N–H and O–H groups in total. The highest BCUT2D eigenvalue weighted by Crippen LogP contribution is 2.31. The van der Waals surface area contributed by atoms with Crippen LogP contribution in [0.4, 0.5) is 5.69 Å². The Kier molecular flexibility index (Phi) is 5.03. The molecule has 4 rings (SSSR count). The second-order valence-electron chi connectivity index (χ2n) is 5.98. The van der Waals surface area contributed by atoms with E-state index in [1.54, 1.807) is 32.4 Å². The number of hydrogen-bond donors (Lipinski definition) is 2. The highest BCUT2D eigenvalue weighted by Gasteiger charge is 2.14. The second-order valence-corrected chi connectivity index (χ2v) is 6.94. The normalized spacial score (nSPS) is 10.9. The molecule has 7 nitrogen and oxygen atoms in total. The molecule has 0 saturated carbocycles. The van der Waals surface area contributed by atoms with Crippen LogP contribution in [0, 0.1) is 0 Å². The molecule has 0 aliphatic rings. The van der Waals surface area contributed by atoms with Crippen molar-refractivity contribution < 1.29 is 14.3 Å². The number of nitrogens with zero attached hydrogens (tertiary/aromatic N) is 2. The van der Waals surface area contributed by atoms with Gasteiger partial charge in [-0.2, -0.15) is 0 Å². The molecule has 28 heavy (non-hydrogen) atoms. The fraction of sp³-hybridized carbons (Fsp3) is 0.150. The quantitative estimate of drug-likeness (QED) is 0.381. The molecule has 4 aromatic rings. The molecule has 1 amide bonds. The molecule has 142 valence electrons. The molecular weight excluding hydrogens is 376 g/mol. The summed E-state index contributed by atoms with van der Waals surface area (Å²) < 4.78 is 10.5. The maximum Gasteiger partial charge on any atom is 0.234 e. The lowest BCUT2D eigenvalue weighted by Gasteiger charge is -2.11. The maximum atomic E-state index is 12.4. The van der Waals surface area contributed by atoms with Crippen molar-refractivity contribution in [1.29, 1.82) is 0 Å². The zero-order chi connectivity index (χ0) is 19.5. The minimum Gasteiger partial charge on any atom is -0.497 e. The van der Waals surface area contributed by atoms with Crippen molar-refractivity contribution in [3.05, 3.63) is 48.8 Å². The van der Waals surface area contributed by atoms with Crippen LogP contribution in [-0.2, 0) is 4.79 Å². The first-order valence-electron chi connectivity index (χ1n) is 8.55. The first-order chi connectivity index (χ1) is 13.7. The Morgan fingerprint density at radius 2 is 2.00 bits per heavy atom. The van der Waals surface area contributed by atoms with Gasteiger partial charge >= 0.3 is 0 Å². The van der Waals surface area contributed by atoms with Gasteiger partial charge in [-0.25, -0.2) is 9.97 Å². The van der Waals surface area contributed by atoms with Crippen LogP contribution in [0.5, 0.6) is 11.5 Å². The first-order valence-corrected chi connectivity index (χ1v) is 9.54. The number of ether oxygens (including phenoxy) is 2. The van der Waals surface area contributed by atoms with E-state index in [1.165, 1.54) is 18.1 Å². The standard InChI is InChI=1S/C20H18N4O3S/c1-26-12-7-8-15(16(9-12)27-2)23-17(25)10-28-20-19-18(21-11-22-20)13-5-3-4-6-14(13)24-19/h3-9,11,24H,10H2,1-2H3,(H,23,25). The fourth-order valence-electron chi connectivity index (χ4n) is 2.95. The van der Waals surface area contributed by atoms with Gasteiger partial charge in [-0.15, -0.1) is 0 Å². The predicted molar refractivity (Wildman–Crippen MR) is 110 cm³/mol. The van der Waals surface area contributed by atoms with E-state index in [-0.39, 0.29) is 11.7 Å². The van der Waals surface area contributed by atoms with E-state index in [9.17, 15) is 4.79 Å². The Labute approximate surface area is 165 Å². The van der Waals surface area contributed by atoms with Crippen LogP contribution >= 0.6 is 11.8 Å². The van der Waals surface area contributed by atoms with E-state index in [0.717, 1.165) is 27.0 Å². The number of methoxy groups -OCH3 is 2. The Morgan fingerprint density at radius 1 is 1.14 bits per heavy atom. The smallest absolute Gasteiger partial charge is 0.234 e. The summed E-state index contributed by atoms with van der Waals surface area (Å²) in [6, 6.07) is 13.2. The molecule has 0 unspecified atom stereocenters. The number of benzene rings is 2. The monoisotopic (exact) mass is 394 g/mol. The Hall–Kier alpha value is -3.26. The number of aromatic amines is 1. The van der Waals surface area contributed by atoms with Gasteiger partial charge in [0.1, 0.15) is 28.4 Å². The number of fused-ring (bicyclic) bond motifs is 3. The van der Waals surface area contributed by atoms with Gasteiger partial charge < -0.3 is 19.8 Å². The van der Waals surface area contributed by atoms with Gasteiger partial charge in [0.15, 0.2) is 0 Å². The molecule has 2 aromatic heterocycles. The van der Waals surface area contributed by atoms with Crippen molar-refractivity contribution in [1.82, 2.24) is 15.0 Å². The molecule has 0 radical (unpaired) electrons. The summed E-state index contributed by atoms with van der Waals surface area (Å²) in [5, 5.41) is 4.63. The fourth-order valence-corrected chi connectivity index (χ4v) is 3.70. The highest BCUT2D eigenvalue weighted by molar-refractivity contribution is 8.00. The average Bonchev–Trinajstić information content (AvgIpc) is 3.12. The summed E-state index contributed by atoms with van der Waals surface area (Å²) in [6.45, 7) is 0. The molecule has 0 saturated heterocycles. The van der Waals surface area contributed by atoms with Gasteiger partial charge in [-0.1, -0.05) is 30.0 Å². The number of para-hydroxylation sites is 1. The summed E-state index contributed by atoms with van der Waals surface area (Å²) in [5.74, 6) is 1.25. The number of anilines is 1. The number of nitrogens with one attached hydrogen (secondary N) is 2. The molecule has 2 aromatic carbocycles. The third-order valence-electron chi connectivity index (χ3n) is 4.28. The van der Waals surface area contributed by atoms with Crippen LogP contribution in [0.15, 0.2) is 53.8 Å². The summed E-state index contributed by atoms with van der Waals surface area (Å²) in [6.07, 6.45) is 1.52. The van der Waals surface area contributed by atoms with E-state index in [0.29, 0.717) is 17.2 Å². The molecule has 0 aliphatic carbocycles. The minimum absolute atomic E-state index is 0.156. The van der Waals surface area contributed by atoms with Gasteiger partial charge in [0.2, 0.25) is 5.91 Å². The summed E-state index contributed by atoms with van der Waals surface area (Å²) in [5.41, 5.74) is 3.27. The first kappa shape index (κ1) is 18.1. The van der Waals surface area contributed by atoms with Crippen molar-refractivity contribution in [2.24, 2.45) is 0 Å². The summed E-state index contributed by atoms with van der Waals surface area (Å²) >= 11 is 1.35. The van der Waals surface area contributed by atoms with Gasteiger partial charge in [0, 0.05) is 17.0 Å². The third kappa shape index (κ3) is 3.46. The number of thioether (sulfide) groups is 1. The van der Waals surface area contributed by atoms with Crippen LogP contribution in [0.1, 0.15) is 0 Å². The van der Waals surface area contributed by atoms with E-state index < -0.39 is 0 Å². The Balaban J connectivity index is 1.51. The lowest BCUT2D eigenvalue weighted by Crippen LogP contribution is -2.14. The van der Waals surface area contributed by atoms with Gasteiger partial charge in [-0.3, -0.25) is 4.79 Å². The maximum absolute atomic E-state index is 12.4. The number of hydrogen-bond acceptors (Lipinski definition) is 6. The lowest BCUT2D eigenvalue weighted by atomic mass is 10.2. The van der Waals surface area contributed by atoms with Crippen molar-refractivity contribution >= 4 is 45.3 Å². The van der Waals surface area contributed by atoms with Crippen LogP contribution in [-0.4, -0.2) is 40.8 Å². The number of carbonyl (C=O) groups is 1. The van der Waals surface area contributed by atoms with Crippen molar-refractivity contribution in [3.8, 4) is 11.5 Å². The molecule has 8 heteroatoms. The topological polar surface area (TPSA) is 89.1 Å². The number of H-pyrrole nitrogens is 1. The number of rotatable bonds is 6. The largest absolute Gasteiger partial charge is 0.497 e. The van der Waals surface area contributed by atoms with Crippen LogP contribution < -0.4 is 14.8 Å². The molecule has 0 spiro atoms. The lowest BCUT2D eigenvalue weighted by molar-refractivity contribution is -0.113. The summed E-state index contributed by atoms with van der Waals surface area (Å²) in [4.78, 5) is 24.5. The van der Waals surface area contributed by atoms with Crippen molar-refractivity contribution in [2.75, 3.05) is 25.3 Å². The molecular formula is C20H18N4O3S. The van der Waals surface area contributed by atoms with Gasteiger partial charge in [0.25, 0.3) is 0 Å². The van der Waals surface area contributed by atoms with E-state index >= 15 is 0 Å². The zero-order valence-corrected chi connectivity index (χ0v) is 16.2. The molecule has 0 aliphatic heterocycles. The molecule has 2 heterocycles. The van der Waals surface area contributed by atoms with Crippen molar-refractivity contribution in [3.63, 3.8) is 0 Å². The van der Waals surface area contributed by atoms with Gasteiger partial charge in [0.05, 0.1) is 31.2 Å². The average molecular weight is 394 g/mol. The minimum atomic E-state index is -0.156. The van der Waals surface area contributed by atoms with E-state index in [2.05, 4.69) is 20.3 Å².